The minimum atomic E-state index is -0.782. The number of carbonyl (C=O) groups excluding carboxylic acids is 3. The average Bonchev–Trinajstić information content (AvgIpc) is 3.43. The van der Waals surface area contributed by atoms with Crippen molar-refractivity contribution in [1.29, 1.82) is 0 Å². The molecule has 0 heterocycles. The third kappa shape index (κ3) is 63.3. The molecule has 6 heteroatoms. The van der Waals surface area contributed by atoms with Crippen LogP contribution in [0.2, 0.25) is 0 Å². The summed E-state index contributed by atoms with van der Waals surface area (Å²) in [5.74, 6) is -0.875. The van der Waals surface area contributed by atoms with Gasteiger partial charge >= 0.3 is 17.9 Å². The van der Waals surface area contributed by atoms with E-state index in [2.05, 4.69) is 106 Å². The fourth-order valence-electron chi connectivity index (χ4n) is 9.44. The Labute approximate surface area is 477 Å². The molecule has 0 fully saturated rings. The van der Waals surface area contributed by atoms with Crippen LogP contribution in [0.1, 0.15) is 329 Å². The first-order valence-electron chi connectivity index (χ1n) is 33.1. The summed E-state index contributed by atoms with van der Waals surface area (Å²) >= 11 is 0. The highest BCUT2D eigenvalue weighted by molar-refractivity contribution is 5.71. The first-order chi connectivity index (χ1) is 38.0. The lowest BCUT2D eigenvalue weighted by atomic mass is 10.0. The molecule has 0 amide bonds. The third-order valence-corrected chi connectivity index (χ3v) is 14.4. The van der Waals surface area contributed by atoms with E-state index < -0.39 is 6.10 Å². The van der Waals surface area contributed by atoms with Gasteiger partial charge in [-0.2, -0.15) is 0 Å². The van der Waals surface area contributed by atoms with Crippen LogP contribution >= 0.6 is 0 Å². The summed E-state index contributed by atoms with van der Waals surface area (Å²) in [7, 11) is 0. The van der Waals surface area contributed by atoms with Gasteiger partial charge in [0.1, 0.15) is 13.2 Å². The lowest BCUT2D eigenvalue weighted by Gasteiger charge is -2.18. The lowest BCUT2D eigenvalue weighted by molar-refractivity contribution is -0.167. The van der Waals surface area contributed by atoms with E-state index in [0.717, 1.165) is 103 Å². The Balaban J connectivity index is 4.33. The Hall–Kier alpha value is -3.41. The molecule has 0 aliphatic heterocycles. The van der Waals surface area contributed by atoms with Crippen molar-refractivity contribution < 1.29 is 28.6 Å². The predicted molar refractivity (Wildman–Crippen MR) is 334 cm³/mol. The minimum absolute atomic E-state index is 0.0772. The molecule has 6 nitrogen and oxygen atoms in total. The number of rotatable bonds is 60. The van der Waals surface area contributed by atoms with Crippen LogP contribution in [0.4, 0.5) is 0 Å². The Morgan fingerprint density at radius 2 is 0.506 bits per heavy atom. The van der Waals surface area contributed by atoms with E-state index >= 15 is 0 Å². The van der Waals surface area contributed by atoms with Gasteiger partial charge in [-0.25, -0.2) is 0 Å². The van der Waals surface area contributed by atoms with Crippen molar-refractivity contribution >= 4 is 17.9 Å². The lowest BCUT2D eigenvalue weighted by Crippen LogP contribution is -2.30. The van der Waals surface area contributed by atoms with Crippen molar-refractivity contribution in [2.24, 2.45) is 0 Å². The van der Waals surface area contributed by atoms with Crippen LogP contribution in [0.25, 0.3) is 0 Å². The van der Waals surface area contributed by atoms with E-state index in [9.17, 15) is 14.4 Å². The summed E-state index contributed by atoms with van der Waals surface area (Å²) in [5.41, 5.74) is 0. The maximum atomic E-state index is 12.9. The molecule has 77 heavy (non-hydrogen) atoms. The highest BCUT2D eigenvalue weighted by Gasteiger charge is 2.19. The molecule has 444 valence electrons. The molecule has 0 aromatic rings. The summed E-state index contributed by atoms with van der Waals surface area (Å²) in [6.45, 7) is 6.55. The molecule has 1 atom stereocenters. The fraction of sp³-hybridized carbons (Fsp3) is 0.761. The van der Waals surface area contributed by atoms with Gasteiger partial charge in [-0.05, 0) is 96.3 Å². The molecule has 0 aromatic heterocycles. The molecule has 0 radical (unpaired) electrons. The van der Waals surface area contributed by atoms with E-state index in [-0.39, 0.29) is 31.1 Å². The highest BCUT2D eigenvalue weighted by atomic mass is 16.6. The van der Waals surface area contributed by atoms with Gasteiger partial charge in [0.05, 0.1) is 0 Å². The first kappa shape index (κ1) is 73.6. The molecule has 0 aromatic carbocycles. The van der Waals surface area contributed by atoms with Gasteiger partial charge in [0.2, 0.25) is 0 Å². The van der Waals surface area contributed by atoms with Gasteiger partial charge in [-0.3, -0.25) is 14.4 Å². The van der Waals surface area contributed by atoms with Crippen LogP contribution in [-0.2, 0) is 28.6 Å². The zero-order chi connectivity index (χ0) is 55.7. The number of hydrogen-bond donors (Lipinski definition) is 0. The van der Waals surface area contributed by atoms with Gasteiger partial charge in [0.25, 0.3) is 0 Å². The van der Waals surface area contributed by atoms with Crippen LogP contribution < -0.4 is 0 Å². The van der Waals surface area contributed by atoms with Gasteiger partial charge < -0.3 is 14.2 Å². The van der Waals surface area contributed by atoms with Crippen LogP contribution in [-0.4, -0.2) is 37.2 Å². The van der Waals surface area contributed by atoms with Crippen molar-refractivity contribution in [2.45, 2.75) is 335 Å². The van der Waals surface area contributed by atoms with Gasteiger partial charge in [-0.15, -0.1) is 0 Å². The molecule has 0 aliphatic carbocycles. The van der Waals surface area contributed by atoms with Crippen molar-refractivity contribution in [3.63, 3.8) is 0 Å². The van der Waals surface area contributed by atoms with Crippen LogP contribution in [0, 0.1) is 0 Å². The minimum Gasteiger partial charge on any atom is -0.462 e. The van der Waals surface area contributed by atoms with Crippen molar-refractivity contribution in [1.82, 2.24) is 0 Å². The summed E-state index contributed by atoms with van der Waals surface area (Å²) in [6, 6.07) is 0. The zero-order valence-electron chi connectivity index (χ0n) is 51.0. The highest BCUT2D eigenvalue weighted by Crippen LogP contribution is 2.17. The third-order valence-electron chi connectivity index (χ3n) is 14.4. The molecule has 1 unspecified atom stereocenters. The SMILES string of the molecule is CC/C=C\C/C=C\C/C=C\C/C=C\C/C=C\C/C=C\CCCCCCCCCCC(=O)OCC(COC(=O)CCCCCCCCCCCCCCCC)OC(=O)CCCCCCCCC/C=C\CCCCCCCCC. The maximum Gasteiger partial charge on any atom is 0.306 e. The normalized spacial score (nSPS) is 12.6. The van der Waals surface area contributed by atoms with E-state index in [1.807, 2.05) is 0 Å². The number of esters is 3. The number of ether oxygens (including phenoxy) is 3. The molecular formula is C71H124O6. The predicted octanol–water partition coefficient (Wildman–Crippen LogP) is 22.7. The number of allylic oxidation sites excluding steroid dienone is 14. The first-order valence-corrected chi connectivity index (χ1v) is 33.1. The second-order valence-corrected chi connectivity index (χ2v) is 22.0. The Bertz CT molecular complexity index is 1470. The monoisotopic (exact) mass is 1070 g/mol. The molecule has 0 N–H and O–H groups in total. The molecular weight excluding hydrogens is 949 g/mol. The van der Waals surface area contributed by atoms with E-state index in [1.54, 1.807) is 0 Å². The second kappa shape index (κ2) is 65.1. The Kier molecular flexibility index (Phi) is 62.2. The fourth-order valence-corrected chi connectivity index (χ4v) is 9.44. The van der Waals surface area contributed by atoms with E-state index in [4.69, 9.17) is 14.2 Å². The van der Waals surface area contributed by atoms with Crippen LogP contribution in [0.15, 0.2) is 85.1 Å². The summed E-state index contributed by atoms with van der Waals surface area (Å²) < 4.78 is 16.9. The van der Waals surface area contributed by atoms with Gasteiger partial charge in [0.15, 0.2) is 6.10 Å². The van der Waals surface area contributed by atoms with Crippen molar-refractivity contribution in [3.8, 4) is 0 Å². The van der Waals surface area contributed by atoms with E-state index in [1.165, 1.54) is 186 Å². The molecule has 0 spiro atoms. The van der Waals surface area contributed by atoms with Gasteiger partial charge in [-0.1, -0.05) is 298 Å². The number of hydrogen-bond acceptors (Lipinski definition) is 6. The Morgan fingerprint density at radius 3 is 0.805 bits per heavy atom. The number of unbranched alkanes of at least 4 members (excludes halogenated alkanes) is 35. The standard InChI is InChI=1S/C71H124O6/c1-4-7-10-13-16-19-22-25-28-30-32-33-34-35-36-37-38-39-40-42-43-46-49-52-55-58-61-64-70(73)76-67-68(66-75-69(72)63-60-57-54-51-48-45-27-24-21-18-15-12-9-6-3)77-71(74)65-62-59-56-53-50-47-44-41-31-29-26-23-20-17-14-11-8-5-2/h7,10,16,19,25,28-29,31-33,35-36,38-39,68H,4-6,8-9,11-15,17-18,20-24,26-27,30,34,37,40-67H2,1-3H3/b10-7-,19-16-,28-25-,31-29-,33-32-,36-35-,39-38-. The largest absolute Gasteiger partial charge is 0.462 e. The quantitative estimate of drug-likeness (QED) is 0.0261. The summed E-state index contributed by atoms with van der Waals surface area (Å²) in [5, 5.41) is 0. The van der Waals surface area contributed by atoms with Crippen molar-refractivity contribution in [2.75, 3.05) is 13.2 Å². The Morgan fingerprint density at radius 1 is 0.273 bits per heavy atom. The topological polar surface area (TPSA) is 78.9 Å². The van der Waals surface area contributed by atoms with Crippen LogP contribution in [0.3, 0.4) is 0 Å². The summed E-state index contributed by atoms with van der Waals surface area (Å²) in [6.07, 6.45) is 85.9. The summed E-state index contributed by atoms with van der Waals surface area (Å²) in [4.78, 5) is 38.4. The van der Waals surface area contributed by atoms with Crippen LogP contribution in [0.5, 0.6) is 0 Å². The number of carbonyl (C=O) groups is 3. The smallest absolute Gasteiger partial charge is 0.306 e. The second-order valence-electron chi connectivity index (χ2n) is 22.0. The molecule has 0 saturated carbocycles. The maximum absolute atomic E-state index is 12.9. The van der Waals surface area contributed by atoms with Crippen molar-refractivity contribution in [3.05, 3.63) is 85.1 Å². The molecule has 0 bridgehead atoms. The van der Waals surface area contributed by atoms with Gasteiger partial charge in [0, 0.05) is 19.3 Å². The van der Waals surface area contributed by atoms with E-state index in [0.29, 0.717) is 19.3 Å². The zero-order valence-corrected chi connectivity index (χ0v) is 51.0. The molecule has 0 aliphatic rings. The molecule has 0 rings (SSSR count). The molecule has 0 saturated heterocycles. The average molecular weight is 1070 g/mol.